The molecule has 0 saturated heterocycles. The number of nitriles is 1. The number of amides is 1. The van der Waals surface area contributed by atoms with Crippen molar-refractivity contribution in [1.29, 1.82) is 5.26 Å². The summed E-state index contributed by atoms with van der Waals surface area (Å²) in [7, 11) is 0. The van der Waals surface area contributed by atoms with Gasteiger partial charge in [0.2, 0.25) is 0 Å². The van der Waals surface area contributed by atoms with Gasteiger partial charge in [0.25, 0.3) is 9.70 Å². The average Bonchev–Trinajstić information content (AvgIpc) is 2.29. The molecule has 0 aliphatic heterocycles. The van der Waals surface area contributed by atoms with Gasteiger partial charge in [-0.1, -0.05) is 34.8 Å². The van der Waals surface area contributed by atoms with Gasteiger partial charge in [0.1, 0.15) is 11.8 Å². The van der Waals surface area contributed by atoms with E-state index >= 15 is 0 Å². The van der Waals surface area contributed by atoms with E-state index in [1.54, 1.807) is 0 Å². The second-order valence-corrected chi connectivity index (χ2v) is 5.65. The van der Waals surface area contributed by atoms with E-state index in [0.717, 1.165) is 0 Å². The molecule has 100 valence electrons. The highest BCUT2D eigenvalue weighted by Crippen LogP contribution is 2.29. The van der Waals surface area contributed by atoms with Crippen molar-refractivity contribution in [1.82, 2.24) is 0 Å². The number of esters is 1. The van der Waals surface area contributed by atoms with Crippen molar-refractivity contribution >= 4 is 52.4 Å². The summed E-state index contributed by atoms with van der Waals surface area (Å²) in [4.78, 5) is 22.2. The van der Waals surface area contributed by atoms with E-state index in [0.29, 0.717) is 0 Å². The van der Waals surface area contributed by atoms with E-state index < -0.39 is 15.7 Å². The van der Waals surface area contributed by atoms with Gasteiger partial charge in [-0.15, -0.1) is 0 Å². The van der Waals surface area contributed by atoms with Gasteiger partial charge in [0.05, 0.1) is 11.3 Å². The first-order valence-corrected chi connectivity index (χ1v) is 5.98. The molecule has 0 spiro atoms. The minimum absolute atomic E-state index is 0.0707. The molecule has 0 unspecified atom stereocenters. The molecular weight excluding hydrogens is 314 g/mol. The van der Waals surface area contributed by atoms with E-state index in [4.69, 9.17) is 44.8 Å². The molecule has 0 aromatic heterocycles. The molecule has 1 rings (SSSR count). The molecule has 0 saturated carbocycles. The summed E-state index contributed by atoms with van der Waals surface area (Å²) in [6.07, 6.45) is 0. The molecule has 0 bridgehead atoms. The second-order valence-electron chi connectivity index (χ2n) is 3.36. The van der Waals surface area contributed by atoms with Crippen molar-refractivity contribution in [3.63, 3.8) is 0 Å². The van der Waals surface area contributed by atoms with Crippen molar-refractivity contribution in [3.05, 3.63) is 23.8 Å². The topological polar surface area (TPSA) is 79.2 Å². The lowest BCUT2D eigenvalue weighted by atomic mass is 10.2. The molecule has 1 aromatic rings. The number of carbonyl (C=O) groups is 2. The standard InChI is InChI=1S/C11H7Cl3N2O3/c1-6(17)19-8-2-3-9(7(4-8)5-15)16-10(18)11(12,13)14/h2-4H,1H3,(H,16,18). The first-order valence-electron chi connectivity index (χ1n) is 4.85. The SMILES string of the molecule is CC(=O)Oc1ccc(NC(=O)C(Cl)(Cl)Cl)c(C#N)c1. The Hall–Kier alpha value is -1.48. The predicted molar refractivity (Wildman–Crippen MR) is 71.4 cm³/mol. The van der Waals surface area contributed by atoms with Crippen LogP contribution in [-0.4, -0.2) is 15.7 Å². The Morgan fingerprint density at radius 3 is 2.47 bits per heavy atom. The fraction of sp³-hybridized carbons (Fsp3) is 0.182. The maximum Gasteiger partial charge on any atom is 0.308 e. The normalized spacial score (nSPS) is 10.5. The van der Waals surface area contributed by atoms with Crippen LogP contribution >= 0.6 is 34.8 Å². The number of alkyl halides is 3. The van der Waals surface area contributed by atoms with E-state index in [9.17, 15) is 9.59 Å². The van der Waals surface area contributed by atoms with Crippen LogP contribution in [0.5, 0.6) is 5.75 Å². The number of carbonyl (C=O) groups excluding carboxylic acids is 2. The van der Waals surface area contributed by atoms with E-state index in [1.807, 2.05) is 6.07 Å². The lowest BCUT2D eigenvalue weighted by Crippen LogP contribution is -2.27. The minimum Gasteiger partial charge on any atom is -0.427 e. The third-order valence-electron chi connectivity index (χ3n) is 1.88. The molecule has 1 N–H and O–H groups in total. The van der Waals surface area contributed by atoms with Crippen molar-refractivity contribution in [3.8, 4) is 11.8 Å². The van der Waals surface area contributed by atoms with Gasteiger partial charge in [-0.2, -0.15) is 5.26 Å². The summed E-state index contributed by atoms with van der Waals surface area (Å²) in [6.45, 7) is 1.23. The van der Waals surface area contributed by atoms with E-state index in [-0.39, 0.29) is 17.0 Å². The molecule has 1 aromatic carbocycles. The van der Waals surface area contributed by atoms with Crippen molar-refractivity contribution in [2.45, 2.75) is 10.7 Å². The molecule has 0 radical (unpaired) electrons. The van der Waals surface area contributed by atoms with Crippen molar-refractivity contribution < 1.29 is 14.3 Å². The quantitative estimate of drug-likeness (QED) is 0.516. The average molecular weight is 322 g/mol. The molecule has 5 nitrogen and oxygen atoms in total. The summed E-state index contributed by atoms with van der Waals surface area (Å²) in [6, 6.07) is 5.88. The van der Waals surface area contributed by atoms with Gasteiger partial charge < -0.3 is 10.1 Å². The third kappa shape index (κ3) is 4.60. The van der Waals surface area contributed by atoms with Crippen molar-refractivity contribution in [2.24, 2.45) is 0 Å². The third-order valence-corrected chi connectivity index (χ3v) is 2.39. The van der Waals surface area contributed by atoms with Crippen LogP contribution in [0.3, 0.4) is 0 Å². The summed E-state index contributed by atoms with van der Waals surface area (Å²) >= 11 is 16.2. The smallest absolute Gasteiger partial charge is 0.308 e. The maximum atomic E-state index is 11.5. The van der Waals surface area contributed by atoms with Crippen LogP contribution in [-0.2, 0) is 9.59 Å². The maximum absolute atomic E-state index is 11.5. The number of hydrogen-bond donors (Lipinski definition) is 1. The van der Waals surface area contributed by atoms with Gasteiger partial charge in [0.15, 0.2) is 0 Å². The van der Waals surface area contributed by atoms with Crippen LogP contribution in [0.15, 0.2) is 18.2 Å². The summed E-state index contributed by atoms with van der Waals surface area (Å²) in [5, 5.41) is 11.2. The number of benzene rings is 1. The zero-order chi connectivity index (χ0) is 14.6. The molecule has 0 atom stereocenters. The first-order chi connectivity index (χ1) is 8.74. The summed E-state index contributed by atoms with van der Waals surface area (Å²) in [5.41, 5.74) is 0.219. The second kappa shape index (κ2) is 6.11. The number of nitrogens with zero attached hydrogens (tertiary/aromatic N) is 1. The number of anilines is 1. The number of halogens is 3. The summed E-state index contributed by atoms with van der Waals surface area (Å²) in [5.74, 6) is -1.24. The first kappa shape index (κ1) is 15.6. The largest absolute Gasteiger partial charge is 0.427 e. The molecule has 19 heavy (non-hydrogen) atoms. The van der Waals surface area contributed by atoms with Gasteiger partial charge in [0, 0.05) is 13.0 Å². The van der Waals surface area contributed by atoms with E-state index in [2.05, 4.69) is 5.32 Å². The highest BCUT2D eigenvalue weighted by atomic mass is 35.6. The Balaban J connectivity index is 3.01. The fourth-order valence-electron chi connectivity index (χ4n) is 1.15. The van der Waals surface area contributed by atoms with Gasteiger partial charge in [-0.25, -0.2) is 0 Å². The molecule has 0 aliphatic rings. The molecule has 0 heterocycles. The number of rotatable bonds is 2. The number of ether oxygens (including phenoxy) is 1. The van der Waals surface area contributed by atoms with Crippen LogP contribution in [0.4, 0.5) is 5.69 Å². The molecular formula is C11H7Cl3N2O3. The number of hydrogen-bond acceptors (Lipinski definition) is 4. The molecule has 8 heteroatoms. The van der Waals surface area contributed by atoms with Gasteiger partial charge >= 0.3 is 5.97 Å². The van der Waals surface area contributed by atoms with Crippen LogP contribution in [0.2, 0.25) is 0 Å². The molecule has 0 aliphatic carbocycles. The lowest BCUT2D eigenvalue weighted by molar-refractivity contribution is -0.131. The Morgan fingerprint density at radius 2 is 2.00 bits per heavy atom. The molecule has 1 amide bonds. The monoisotopic (exact) mass is 320 g/mol. The number of nitrogens with one attached hydrogen (secondary N) is 1. The predicted octanol–water partition coefficient (Wildman–Crippen LogP) is 2.79. The zero-order valence-electron chi connectivity index (χ0n) is 9.54. The zero-order valence-corrected chi connectivity index (χ0v) is 11.8. The van der Waals surface area contributed by atoms with Crippen LogP contribution in [0.1, 0.15) is 12.5 Å². The minimum atomic E-state index is -2.14. The van der Waals surface area contributed by atoms with Crippen LogP contribution < -0.4 is 10.1 Å². The molecule has 0 fully saturated rings. The van der Waals surface area contributed by atoms with Crippen LogP contribution in [0, 0.1) is 11.3 Å². The Labute approximate surface area is 124 Å². The fourth-order valence-corrected chi connectivity index (χ4v) is 1.29. The highest BCUT2D eigenvalue weighted by molar-refractivity contribution is 6.76. The van der Waals surface area contributed by atoms with Crippen LogP contribution in [0.25, 0.3) is 0 Å². The van der Waals surface area contributed by atoms with Crippen molar-refractivity contribution in [2.75, 3.05) is 5.32 Å². The lowest BCUT2D eigenvalue weighted by Gasteiger charge is -2.12. The Bertz CT molecular complexity index is 561. The summed E-state index contributed by atoms with van der Waals surface area (Å²) < 4.78 is 2.67. The Morgan fingerprint density at radius 1 is 1.37 bits per heavy atom. The van der Waals surface area contributed by atoms with Gasteiger partial charge in [-0.05, 0) is 12.1 Å². The Kier molecular flexibility index (Phi) is 5.01. The van der Waals surface area contributed by atoms with E-state index in [1.165, 1.54) is 25.1 Å². The van der Waals surface area contributed by atoms with Gasteiger partial charge in [-0.3, -0.25) is 9.59 Å². The highest BCUT2D eigenvalue weighted by Gasteiger charge is 2.31.